The summed E-state index contributed by atoms with van der Waals surface area (Å²) >= 11 is 0. The Bertz CT molecular complexity index is 1460. The molecule has 0 fully saturated rings. The molecule has 0 spiro atoms. The van der Waals surface area contributed by atoms with E-state index in [-0.39, 0.29) is 17.7 Å². The van der Waals surface area contributed by atoms with Crippen LogP contribution in [0.3, 0.4) is 0 Å². The second-order valence-electron chi connectivity index (χ2n) is 7.53. The van der Waals surface area contributed by atoms with Crippen molar-refractivity contribution in [2.24, 2.45) is 0 Å². The van der Waals surface area contributed by atoms with Gasteiger partial charge in [0, 0.05) is 16.5 Å². The molecule has 1 amide bonds. The smallest absolute Gasteiger partial charge is 0.317 e. The number of rotatable bonds is 5. The lowest BCUT2D eigenvalue weighted by atomic mass is 10.1. The Morgan fingerprint density at radius 1 is 1.03 bits per heavy atom. The molecule has 4 N–H and O–H groups in total. The van der Waals surface area contributed by atoms with Crippen LogP contribution in [0.5, 0.6) is 11.8 Å². The Morgan fingerprint density at radius 2 is 1.76 bits per heavy atom. The molecule has 0 radical (unpaired) electrons. The summed E-state index contributed by atoms with van der Waals surface area (Å²) in [7, 11) is 0. The van der Waals surface area contributed by atoms with Gasteiger partial charge in [0.05, 0.1) is 29.2 Å². The Kier molecular flexibility index (Phi) is 5.02. The first-order valence-electron chi connectivity index (χ1n) is 10.3. The molecule has 1 unspecified atom stereocenters. The van der Waals surface area contributed by atoms with Gasteiger partial charge in [0.15, 0.2) is 0 Å². The number of phenolic OH excluding ortho intramolecular Hbond substituents is 1. The molecule has 2 heterocycles. The van der Waals surface area contributed by atoms with E-state index in [2.05, 4.69) is 15.3 Å². The number of fused-ring (bicyclic) bond motifs is 3. The van der Waals surface area contributed by atoms with Gasteiger partial charge in [-0.25, -0.2) is 9.97 Å². The fourth-order valence-corrected chi connectivity index (χ4v) is 3.80. The molecule has 1 atom stereocenters. The number of nitrogens with two attached hydrogens (primary N) is 1. The maximum Gasteiger partial charge on any atom is 0.317 e. The van der Waals surface area contributed by atoms with Gasteiger partial charge in [-0.15, -0.1) is 0 Å². The summed E-state index contributed by atoms with van der Waals surface area (Å²) in [5.41, 5.74) is 8.85. The van der Waals surface area contributed by atoms with Crippen LogP contribution in [0.1, 0.15) is 28.9 Å². The lowest BCUT2D eigenvalue weighted by Gasteiger charge is -2.16. The fraction of sp³-hybridized carbons (Fsp3) is 0.0800. The van der Waals surface area contributed by atoms with Gasteiger partial charge < -0.3 is 25.3 Å². The van der Waals surface area contributed by atoms with Crippen LogP contribution in [-0.4, -0.2) is 21.0 Å². The molecule has 0 aliphatic rings. The predicted molar refractivity (Wildman–Crippen MR) is 125 cm³/mol. The first-order chi connectivity index (χ1) is 16.0. The van der Waals surface area contributed by atoms with Crippen LogP contribution in [0.2, 0.25) is 0 Å². The number of nitrogens with zero attached hydrogens (tertiary/aromatic N) is 2. The number of hydrogen-bond donors (Lipinski definition) is 3. The second-order valence-corrected chi connectivity index (χ2v) is 7.53. The summed E-state index contributed by atoms with van der Waals surface area (Å²) in [4.78, 5) is 21.2. The van der Waals surface area contributed by atoms with Crippen molar-refractivity contribution < 1.29 is 19.1 Å². The zero-order valence-corrected chi connectivity index (χ0v) is 17.6. The molecule has 2 aromatic heterocycles. The lowest BCUT2D eigenvalue weighted by Crippen LogP contribution is -2.13. The number of ether oxygens (including phenoxy) is 1. The molecule has 0 bridgehead atoms. The van der Waals surface area contributed by atoms with Crippen LogP contribution < -0.4 is 15.8 Å². The lowest BCUT2D eigenvalue weighted by molar-refractivity contribution is 0.102. The summed E-state index contributed by atoms with van der Waals surface area (Å²) in [6.45, 7) is 1.73. The number of phenols is 1. The van der Waals surface area contributed by atoms with Crippen LogP contribution in [0.25, 0.3) is 21.9 Å². The van der Waals surface area contributed by atoms with Gasteiger partial charge in [0.1, 0.15) is 23.0 Å². The Labute approximate surface area is 188 Å². The largest absolute Gasteiger partial charge is 0.507 e. The summed E-state index contributed by atoms with van der Waals surface area (Å²) in [5, 5.41) is 14.7. The van der Waals surface area contributed by atoms with Crippen LogP contribution in [0.15, 0.2) is 77.5 Å². The first kappa shape index (κ1) is 20.3. The second kappa shape index (κ2) is 8.16. The zero-order chi connectivity index (χ0) is 22.9. The summed E-state index contributed by atoms with van der Waals surface area (Å²) in [6.07, 6.45) is 2.32. The van der Waals surface area contributed by atoms with E-state index >= 15 is 0 Å². The molecule has 5 rings (SSSR count). The van der Waals surface area contributed by atoms with Gasteiger partial charge in [-0.2, -0.15) is 0 Å². The van der Waals surface area contributed by atoms with E-state index in [4.69, 9.17) is 14.9 Å². The normalized spacial score (nSPS) is 12.0. The number of aromatic hydroxyl groups is 1. The monoisotopic (exact) mass is 440 g/mol. The SMILES string of the molecule is CC(Oc1ncc(NC(=O)c2cccc3c2oc2ccccc23)cn1)c1c(N)cccc1O. The molecule has 0 saturated carbocycles. The number of furan rings is 1. The van der Waals surface area contributed by atoms with E-state index in [0.717, 1.165) is 16.4 Å². The molecule has 33 heavy (non-hydrogen) atoms. The summed E-state index contributed by atoms with van der Waals surface area (Å²) in [5.74, 6) is -0.307. The van der Waals surface area contributed by atoms with Crippen LogP contribution in [-0.2, 0) is 0 Å². The van der Waals surface area contributed by atoms with Gasteiger partial charge in [-0.3, -0.25) is 4.79 Å². The van der Waals surface area contributed by atoms with E-state index in [1.165, 1.54) is 18.5 Å². The van der Waals surface area contributed by atoms with Crippen molar-refractivity contribution in [2.75, 3.05) is 11.1 Å². The Morgan fingerprint density at radius 3 is 2.55 bits per heavy atom. The van der Waals surface area contributed by atoms with E-state index < -0.39 is 6.10 Å². The Balaban J connectivity index is 1.34. The topological polar surface area (TPSA) is 124 Å². The number of aromatic nitrogens is 2. The molecule has 8 nitrogen and oxygen atoms in total. The number of carbonyl (C=O) groups is 1. The van der Waals surface area contributed by atoms with Gasteiger partial charge in [0.2, 0.25) is 0 Å². The van der Waals surface area contributed by atoms with Crippen LogP contribution >= 0.6 is 0 Å². The van der Waals surface area contributed by atoms with Gasteiger partial charge in [-0.05, 0) is 31.2 Å². The molecule has 0 aliphatic carbocycles. The number of nitrogens with one attached hydrogen (secondary N) is 1. The minimum atomic E-state index is -0.572. The highest BCUT2D eigenvalue weighted by Crippen LogP contribution is 2.32. The van der Waals surface area contributed by atoms with E-state index in [9.17, 15) is 9.90 Å². The van der Waals surface area contributed by atoms with Crippen molar-refractivity contribution in [1.82, 2.24) is 9.97 Å². The average Bonchev–Trinajstić information content (AvgIpc) is 3.19. The zero-order valence-electron chi connectivity index (χ0n) is 17.6. The molecule has 3 aromatic carbocycles. The standard InChI is InChI=1S/C25H20N4O4/c1-14(22-19(26)9-5-10-20(22)30)32-25-27-12-15(13-28-25)29-24(31)18-8-4-7-17-16-6-2-3-11-21(16)33-23(17)18/h2-14,30H,26H2,1H3,(H,29,31). The number of para-hydroxylation sites is 2. The molecule has 0 aliphatic heterocycles. The fourth-order valence-electron chi connectivity index (χ4n) is 3.80. The van der Waals surface area contributed by atoms with Crippen molar-refractivity contribution in [1.29, 1.82) is 0 Å². The number of anilines is 2. The first-order valence-corrected chi connectivity index (χ1v) is 10.3. The van der Waals surface area contributed by atoms with Crippen molar-refractivity contribution in [3.8, 4) is 11.8 Å². The van der Waals surface area contributed by atoms with Crippen molar-refractivity contribution in [2.45, 2.75) is 13.0 Å². The third-order valence-corrected chi connectivity index (χ3v) is 5.34. The molecular formula is C25H20N4O4. The van der Waals surface area contributed by atoms with Gasteiger partial charge >= 0.3 is 6.01 Å². The number of benzene rings is 3. The predicted octanol–water partition coefficient (Wildman–Crippen LogP) is 5.06. The average molecular weight is 440 g/mol. The highest BCUT2D eigenvalue weighted by Gasteiger charge is 2.18. The highest BCUT2D eigenvalue weighted by molar-refractivity contribution is 6.16. The molecular weight excluding hydrogens is 420 g/mol. The third kappa shape index (κ3) is 3.78. The highest BCUT2D eigenvalue weighted by atomic mass is 16.5. The van der Waals surface area contributed by atoms with Crippen molar-refractivity contribution >= 4 is 39.2 Å². The maximum atomic E-state index is 12.9. The summed E-state index contributed by atoms with van der Waals surface area (Å²) < 4.78 is 11.6. The van der Waals surface area contributed by atoms with Crippen LogP contribution in [0, 0.1) is 0 Å². The van der Waals surface area contributed by atoms with E-state index in [0.29, 0.717) is 28.1 Å². The van der Waals surface area contributed by atoms with E-state index in [1.807, 2.05) is 36.4 Å². The number of amides is 1. The number of hydrogen-bond acceptors (Lipinski definition) is 7. The molecule has 0 saturated heterocycles. The van der Waals surface area contributed by atoms with E-state index in [1.54, 1.807) is 25.1 Å². The molecule has 5 aromatic rings. The molecule has 8 heteroatoms. The van der Waals surface area contributed by atoms with Crippen molar-refractivity contribution in [3.05, 3.63) is 84.2 Å². The number of carbonyl (C=O) groups excluding carboxylic acids is 1. The van der Waals surface area contributed by atoms with Gasteiger partial charge in [-0.1, -0.05) is 36.4 Å². The van der Waals surface area contributed by atoms with Crippen molar-refractivity contribution in [3.63, 3.8) is 0 Å². The minimum Gasteiger partial charge on any atom is -0.507 e. The minimum absolute atomic E-state index is 0.0335. The number of nitrogen functional groups attached to an aromatic ring is 1. The summed E-state index contributed by atoms with van der Waals surface area (Å²) in [6, 6.07) is 18.0. The Hall–Kier alpha value is -4.59. The van der Waals surface area contributed by atoms with Gasteiger partial charge in [0.25, 0.3) is 5.91 Å². The quantitative estimate of drug-likeness (QED) is 0.327. The third-order valence-electron chi connectivity index (χ3n) is 5.34. The van der Waals surface area contributed by atoms with Crippen LogP contribution in [0.4, 0.5) is 11.4 Å². The molecule has 164 valence electrons. The maximum absolute atomic E-state index is 12.9.